The highest BCUT2D eigenvalue weighted by molar-refractivity contribution is 7.14. The fourth-order valence-electron chi connectivity index (χ4n) is 3.73. The molecule has 3 nitrogen and oxygen atoms in total. The van der Waals surface area contributed by atoms with Gasteiger partial charge in [0.15, 0.2) is 5.78 Å². The molecule has 4 heteroatoms. The fraction of sp³-hybridized carbons (Fsp3) is 0.167. The van der Waals surface area contributed by atoms with Gasteiger partial charge in [0, 0.05) is 16.9 Å². The van der Waals surface area contributed by atoms with E-state index in [-0.39, 0.29) is 5.78 Å². The summed E-state index contributed by atoms with van der Waals surface area (Å²) < 4.78 is 11.8. The lowest BCUT2D eigenvalue weighted by molar-refractivity contribution is 0.105. The number of allylic oxidation sites excluding steroid dienone is 1. The largest absolute Gasteiger partial charge is 0.496 e. The van der Waals surface area contributed by atoms with Gasteiger partial charge in [-0.05, 0) is 59.5 Å². The Morgan fingerprint density at radius 1 is 0.882 bits per heavy atom. The van der Waals surface area contributed by atoms with Crippen molar-refractivity contribution in [2.45, 2.75) is 26.4 Å². The molecule has 0 saturated carbocycles. The van der Waals surface area contributed by atoms with Crippen LogP contribution in [-0.2, 0) is 19.4 Å². The molecule has 0 aliphatic rings. The summed E-state index contributed by atoms with van der Waals surface area (Å²) in [4.78, 5) is 14.5. The Hall–Kier alpha value is -3.63. The first-order valence-corrected chi connectivity index (χ1v) is 12.2. The summed E-state index contributed by atoms with van der Waals surface area (Å²) in [5.74, 6) is 1.64. The Morgan fingerprint density at radius 3 is 2.44 bits per heavy atom. The van der Waals surface area contributed by atoms with E-state index in [1.165, 1.54) is 10.4 Å². The zero-order valence-electron chi connectivity index (χ0n) is 19.5. The summed E-state index contributed by atoms with van der Waals surface area (Å²) >= 11 is 1.55. The van der Waals surface area contributed by atoms with Crippen molar-refractivity contribution < 1.29 is 14.3 Å². The van der Waals surface area contributed by atoms with E-state index in [1.54, 1.807) is 24.5 Å². The van der Waals surface area contributed by atoms with Crippen molar-refractivity contribution in [3.8, 4) is 11.5 Å². The molecule has 0 saturated heterocycles. The number of hydrogen-bond acceptors (Lipinski definition) is 4. The van der Waals surface area contributed by atoms with Crippen molar-refractivity contribution in [3.63, 3.8) is 0 Å². The van der Waals surface area contributed by atoms with E-state index in [1.807, 2.05) is 60.7 Å². The first-order valence-electron chi connectivity index (χ1n) is 11.4. The lowest BCUT2D eigenvalue weighted by Crippen LogP contribution is -2.02. The van der Waals surface area contributed by atoms with Crippen molar-refractivity contribution in [1.82, 2.24) is 0 Å². The SMILES string of the molecule is CCc1ccc(C(=O)/C=C/c2ccc(OC)c(COc3ccccc3Cc3ccccc3)c2)s1. The number of ether oxygens (including phenoxy) is 2. The maximum Gasteiger partial charge on any atom is 0.195 e. The van der Waals surface area contributed by atoms with E-state index in [9.17, 15) is 4.79 Å². The minimum absolute atomic E-state index is 0.0214. The van der Waals surface area contributed by atoms with E-state index in [4.69, 9.17) is 9.47 Å². The van der Waals surface area contributed by atoms with E-state index >= 15 is 0 Å². The zero-order valence-corrected chi connectivity index (χ0v) is 20.3. The molecule has 0 spiro atoms. The number of hydrogen-bond donors (Lipinski definition) is 0. The van der Waals surface area contributed by atoms with Gasteiger partial charge >= 0.3 is 0 Å². The molecule has 0 aliphatic carbocycles. The van der Waals surface area contributed by atoms with Crippen molar-refractivity contribution in [3.05, 3.63) is 123 Å². The van der Waals surface area contributed by atoms with Gasteiger partial charge in [0.05, 0.1) is 12.0 Å². The summed E-state index contributed by atoms with van der Waals surface area (Å²) in [6.45, 7) is 2.46. The fourth-order valence-corrected chi connectivity index (χ4v) is 4.60. The average Bonchev–Trinajstić information content (AvgIpc) is 3.37. The van der Waals surface area contributed by atoms with Crippen LogP contribution in [0.15, 0.2) is 91.0 Å². The van der Waals surface area contributed by atoms with Crippen LogP contribution in [0.25, 0.3) is 6.08 Å². The smallest absolute Gasteiger partial charge is 0.195 e. The average molecular weight is 469 g/mol. The van der Waals surface area contributed by atoms with Gasteiger partial charge in [-0.25, -0.2) is 0 Å². The summed E-state index contributed by atoms with van der Waals surface area (Å²) in [6, 6.07) is 28.3. The second kappa shape index (κ2) is 11.5. The normalized spacial score (nSPS) is 11.0. The van der Waals surface area contributed by atoms with Gasteiger partial charge in [0.1, 0.15) is 18.1 Å². The summed E-state index contributed by atoms with van der Waals surface area (Å²) in [6.07, 6.45) is 5.23. The number of thiophene rings is 1. The minimum Gasteiger partial charge on any atom is -0.496 e. The Labute approximate surface area is 205 Å². The standard InChI is InChI=1S/C30H28O3S/c1-3-26-15-18-30(34-26)27(31)16-13-23-14-17-28(32-2)25(20-23)21-33-29-12-8-7-11-24(29)19-22-9-5-4-6-10-22/h4-18,20H,3,19,21H2,1-2H3/b16-13+. The molecule has 34 heavy (non-hydrogen) atoms. The number of aryl methyl sites for hydroxylation is 1. The van der Waals surface area contributed by atoms with Gasteiger partial charge in [-0.2, -0.15) is 0 Å². The van der Waals surface area contributed by atoms with Gasteiger partial charge in [-0.3, -0.25) is 4.79 Å². The first-order chi connectivity index (χ1) is 16.7. The molecule has 172 valence electrons. The molecule has 0 atom stereocenters. The zero-order chi connectivity index (χ0) is 23.8. The molecule has 0 amide bonds. The second-order valence-corrected chi connectivity index (χ2v) is 9.12. The number of benzene rings is 3. The Morgan fingerprint density at radius 2 is 1.68 bits per heavy atom. The lowest BCUT2D eigenvalue weighted by atomic mass is 10.0. The van der Waals surface area contributed by atoms with Gasteiger partial charge in [0.25, 0.3) is 0 Å². The maximum absolute atomic E-state index is 12.5. The molecule has 0 unspecified atom stereocenters. The molecule has 0 radical (unpaired) electrons. The van der Waals surface area contributed by atoms with Crippen LogP contribution in [0.4, 0.5) is 0 Å². The predicted molar refractivity (Wildman–Crippen MR) is 140 cm³/mol. The molecule has 4 aromatic rings. The van der Waals surface area contributed by atoms with Crippen LogP contribution >= 0.6 is 11.3 Å². The third kappa shape index (κ3) is 6.03. The number of para-hydroxylation sites is 1. The highest BCUT2D eigenvalue weighted by Crippen LogP contribution is 2.26. The molecular formula is C30H28O3S. The minimum atomic E-state index is 0.0214. The monoisotopic (exact) mass is 468 g/mol. The van der Waals surface area contributed by atoms with Crippen LogP contribution in [0.3, 0.4) is 0 Å². The molecule has 1 heterocycles. The van der Waals surface area contributed by atoms with Gasteiger partial charge in [0.2, 0.25) is 0 Å². The van der Waals surface area contributed by atoms with Crippen LogP contribution in [-0.4, -0.2) is 12.9 Å². The van der Waals surface area contributed by atoms with Crippen LogP contribution in [0.1, 0.15) is 43.7 Å². The molecule has 4 rings (SSSR count). The summed E-state index contributed by atoms with van der Waals surface area (Å²) in [5, 5.41) is 0. The van der Waals surface area contributed by atoms with Gasteiger partial charge in [-0.1, -0.05) is 67.6 Å². The highest BCUT2D eigenvalue weighted by Gasteiger charge is 2.09. The quantitative estimate of drug-likeness (QED) is 0.180. The van der Waals surface area contributed by atoms with Crippen LogP contribution in [0, 0.1) is 0 Å². The molecule has 3 aromatic carbocycles. The maximum atomic E-state index is 12.5. The molecule has 0 fully saturated rings. The van der Waals surface area contributed by atoms with Crippen molar-refractivity contribution in [2.24, 2.45) is 0 Å². The van der Waals surface area contributed by atoms with E-state index in [0.717, 1.165) is 45.9 Å². The van der Waals surface area contributed by atoms with Gasteiger partial charge in [-0.15, -0.1) is 11.3 Å². The van der Waals surface area contributed by atoms with Crippen LogP contribution in [0.2, 0.25) is 0 Å². The number of rotatable bonds is 10. The Kier molecular flexibility index (Phi) is 7.95. The Balaban J connectivity index is 1.48. The number of ketones is 1. The van der Waals surface area contributed by atoms with Crippen molar-refractivity contribution in [1.29, 1.82) is 0 Å². The molecule has 0 aliphatic heterocycles. The first kappa shape index (κ1) is 23.5. The third-order valence-electron chi connectivity index (χ3n) is 5.58. The van der Waals surface area contributed by atoms with Crippen LogP contribution in [0.5, 0.6) is 11.5 Å². The number of methoxy groups -OCH3 is 1. The summed E-state index contributed by atoms with van der Waals surface area (Å²) in [7, 11) is 1.66. The molecule has 1 aromatic heterocycles. The number of carbonyl (C=O) groups excluding carboxylic acids is 1. The summed E-state index contributed by atoms with van der Waals surface area (Å²) in [5.41, 5.74) is 4.23. The topological polar surface area (TPSA) is 35.5 Å². The van der Waals surface area contributed by atoms with Crippen molar-refractivity contribution >= 4 is 23.2 Å². The van der Waals surface area contributed by atoms with E-state index < -0.39 is 0 Å². The van der Waals surface area contributed by atoms with Crippen LogP contribution < -0.4 is 9.47 Å². The second-order valence-electron chi connectivity index (χ2n) is 7.95. The lowest BCUT2D eigenvalue weighted by Gasteiger charge is -2.14. The third-order valence-corrected chi connectivity index (χ3v) is 6.82. The Bertz CT molecular complexity index is 1270. The molecule has 0 N–H and O–H groups in total. The predicted octanol–water partition coefficient (Wildman–Crippen LogP) is 7.39. The van der Waals surface area contributed by atoms with Gasteiger partial charge < -0.3 is 9.47 Å². The van der Waals surface area contributed by atoms with E-state index in [0.29, 0.717) is 6.61 Å². The molecular weight excluding hydrogens is 440 g/mol. The van der Waals surface area contributed by atoms with Crippen molar-refractivity contribution in [2.75, 3.05) is 7.11 Å². The van der Waals surface area contributed by atoms with E-state index in [2.05, 4.69) is 37.3 Å². The number of carbonyl (C=O) groups is 1. The highest BCUT2D eigenvalue weighted by atomic mass is 32.1. The molecule has 0 bridgehead atoms.